The first kappa shape index (κ1) is 15.9. The standard InChI is InChI=1S/C19H16FNO3/c1-11-17(15-5-3-4-6-16(15)21-11)18(22)12(2)24-19(23)13-7-9-14(20)10-8-13/h3-10,12,21H,1-2H3/t12-/m0/s1. The number of H-pyrrole nitrogens is 1. The molecule has 3 rings (SSSR count). The Balaban J connectivity index is 1.82. The second-order valence-corrected chi connectivity index (χ2v) is 5.59. The molecule has 1 N–H and O–H groups in total. The van der Waals surface area contributed by atoms with E-state index in [1.54, 1.807) is 0 Å². The molecule has 2 aromatic carbocycles. The first-order valence-electron chi connectivity index (χ1n) is 7.55. The number of hydrogen-bond donors (Lipinski definition) is 1. The second kappa shape index (κ2) is 6.28. The lowest BCUT2D eigenvalue weighted by atomic mass is 10.0. The van der Waals surface area contributed by atoms with Gasteiger partial charge in [0, 0.05) is 22.2 Å². The van der Waals surface area contributed by atoms with E-state index >= 15 is 0 Å². The number of aryl methyl sites for hydroxylation is 1. The van der Waals surface area contributed by atoms with E-state index in [1.165, 1.54) is 31.2 Å². The lowest BCUT2D eigenvalue weighted by Crippen LogP contribution is -2.24. The summed E-state index contributed by atoms with van der Waals surface area (Å²) in [6, 6.07) is 12.5. The van der Waals surface area contributed by atoms with E-state index < -0.39 is 17.9 Å². The molecule has 1 heterocycles. The fraction of sp³-hybridized carbons (Fsp3) is 0.158. The van der Waals surface area contributed by atoms with Crippen molar-refractivity contribution in [3.63, 3.8) is 0 Å². The maximum Gasteiger partial charge on any atom is 0.338 e. The van der Waals surface area contributed by atoms with E-state index in [2.05, 4.69) is 4.98 Å². The summed E-state index contributed by atoms with van der Waals surface area (Å²) in [5.41, 5.74) is 2.30. The Morgan fingerprint density at radius 3 is 2.46 bits per heavy atom. The molecular formula is C19H16FNO3. The summed E-state index contributed by atoms with van der Waals surface area (Å²) >= 11 is 0. The summed E-state index contributed by atoms with van der Waals surface area (Å²) in [5, 5.41) is 0.796. The molecule has 0 spiro atoms. The van der Waals surface area contributed by atoms with Gasteiger partial charge in [0.05, 0.1) is 5.56 Å². The highest BCUT2D eigenvalue weighted by Gasteiger charge is 2.24. The van der Waals surface area contributed by atoms with Gasteiger partial charge in [-0.3, -0.25) is 4.79 Å². The van der Waals surface area contributed by atoms with E-state index in [0.29, 0.717) is 5.56 Å². The van der Waals surface area contributed by atoms with Crippen LogP contribution in [-0.2, 0) is 4.74 Å². The Hall–Kier alpha value is -2.95. The number of hydrogen-bond acceptors (Lipinski definition) is 3. The summed E-state index contributed by atoms with van der Waals surface area (Å²) in [7, 11) is 0. The second-order valence-electron chi connectivity index (χ2n) is 5.59. The topological polar surface area (TPSA) is 59.2 Å². The SMILES string of the molecule is Cc1[nH]c2ccccc2c1C(=O)[C@H](C)OC(=O)c1ccc(F)cc1. The van der Waals surface area contributed by atoms with Crippen LogP contribution in [0.25, 0.3) is 10.9 Å². The maximum atomic E-state index is 12.9. The Morgan fingerprint density at radius 1 is 1.08 bits per heavy atom. The largest absolute Gasteiger partial charge is 0.451 e. The number of para-hydroxylation sites is 1. The van der Waals surface area contributed by atoms with Gasteiger partial charge in [0.25, 0.3) is 0 Å². The zero-order chi connectivity index (χ0) is 17.3. The third-order valence-corrected chi connectivity index (χ3v) is 3.87. The molecule has 0 saturated carbocycles. The summed E-state index contributed by atoms with van der Waals surface area (Å²) in [6.45, 7) is 3.34. The molecule has 5 heteroatoms. The molecule has 0 fully saturated rings. The number of benzene rings is 2. The lowest BCUT2D eigenvalue weighted by Gasteiger charge is -2.12. The molecule has 3 aromatic rings. The fourth-order valence-corrected chi connectivity index (χ4v) is 2.67. The average Bonchev–Trinajstić information content (AvgIpc) is 2.90. The van der Waals surface area contributed by atoms with Gasteiger partial charge in [0.1, 0.15) is 5.82 Å². The van der Waals surface area contributed by atoms with Crippen molar-refractivity contribution >= 4 is 22.7 Å². The average molecular weight is 325 g/mol. The van der Waals surface area contributed by atoms with Crippen molar-refractivity contribution in [1.82, 2.24) is 4.98 Å². The lowest BCUT2D eigenvalue weighted by molar-refractivity contribution is 0.0319. The molecule has 0 bridgehead atoms. The van der Waals surface area contributed by atoms with E-state index in [-0.39, 0.29) is 11.3 Å². The van der Waals surface area contributed by atoms with Crippen LogP contribution in [0, 0.1) is 12.7 Å². The van der Waals surface area contributed by atoms with Gasteiger partial charge in [-0.25, -0.2) is 9.18 Å². The van der Waals surface area contributed by atoms with Crippen molar-refractivity contribution in [2.45, 2.75) is 20.0 Å². The van der Waals surface area contributed by atoms with Gasteiger partial charge in [-0.2, -0.15) is 0 Å². The molecule has 0 amide bonds. The monoisotopic (exact) mass is 325 g/mol. The maximum absolute atomic E-state index is 12.9. The minimum atomic E-state index is -0.944. The minimum absolute atomic E-state index is 0.201. The van der Waals surface area contributed by atoms with E-state index in [0.717, 1.165) is 16.6 Å². The van der Waals surface area contributed by atoms with Gasteiger partial charge in [-0.05, 0) is 44.2 Å². The van der Waals surface area contributed by atoms with Crippen molar-refractivity contribution in [2.75, 3.05) is 0 Å². The van der Waals surface area contributed by atoms with Crippen LogP contribution in [0.2, 0.25) is 0 Å². The predicted molar refractivity (Wildman–Crippen MR) is 88.6 cm³/mol. The molecule has 0 unspecified atom stereocenters. The van der Waals surface area contributed by atoms with Gasteiger partial charge >= 0.3 is 5.97 Å². The van der Waals surface area contributed by atoms with Crippen LogP contribution in [0.1, 0.15) is 33.3 Å². The third kappa shape index (κ3) is 2.93. The Labute approximate surface area is 138 Å². The zero-order valence-electron chi connectivity index (χ0n) is 13.3. The zero-order valence-corrected chi connectivity index (χ0v) is 13.3. The number of rotatable bonds is 4. The number of carbonyl (C=O) groups excluding carboxylic acids is 2. The molecule has 0 aliphatic carbocycles. The number of fused-ring (bicyclic) bond motifs is 1. The first-order chi connectivity index (χ1) is 11.5. The van der Waals surface area contributed by atoms with Gasteiger partial charge in [-0.15, -0.1) is 0 Å². The van der Waals surface area contributed by atoms with Crippen molar-refractivity contribution in [3.05, 3.63) is 71.2 Å². The minimum Gasteiger partial charge on any atom is -0.451 e. The Morgan fingerprint density at radius 2 is 1.75 bits per heavy atom. The van der Waals surface area contributed by atoms with Crippen LogP contribution < -0.4 is 0 Å². The van der Waals surface area contributed by atoms with Gasteiger partial charge in [-0.1, -0.05) is 18.2 Å². The molecule has 0 aliphatic heterocycles. The van der Waals surface area contributed by atoms with Gasteiger partial charge in [0.15, 0.2) is 6.10 Å². The molecule has 24 heavy (non-hydrogen) atoms. The Bertz CT molecular complexity index is 912. The third-order valence-electron chi connectivity index (χ3n) is 3.87. The van der Waals surface area contributed by atoms with Crippen LogP contribution >= 0.6 is 0 Å². The molecule has 4 nitrogen and oxygen atoms in total. The van der Waals surface area contributed by atoms with Crippen molar-refractivity contribution in [3.8, 4) is 0 Å². The summed E-state index contributed by atoms with van der Waals surface area (Å²) in [5.74, 6) is -1.38. The molecule has 0 radical (unpaired) electrons. The smallest absolute Gasteiger partial charge is 0.338 e. The number of ether oxygens (including phenoxy) is 1. The van der Waals surface area contributed by atoms with Crippen LogP contribution in [0.4, 0.5) is 4.39 Å². The number of esters is 1. The normalized spacial score (nSPS) is 12.1. The first-order valence-corrected chi connectivity index (χ1v) is 7.55. The molecule has 0 aliphatic rings. The number of aromatic nitrogens is 1. The summed E-state index contributed by atoms with van der Waals surface area (Å²) < 4.78 is 18.2. The number of ketones is 1. The molecule has 1 atom stereocenters. The fourth-order valence-electron chi connectivity index (χ4n) is 2.67. The molecule has 0 saturated heterocycles. The molecule has 122 valence electrons. The Kier molecular flexibility index (Phi) is 4.16. The number of halogens is 1. The number of nitrogens with one attached hydrogen (secondary N) is 1. The van der Waals surface area contributed by atoms with E-state index in [1.807, 2.05) is 31.2 Å². The van der Waals surface area contributed by atoms with Gasteiger partial charge < -0.3 is 9.72 Å². The summed E-state index contributed by atoms with van der Waals surface area (Å²) in [6.07, 6.45) is -0.944. The quantitative estimate of drug-likeness (QED) is 0.582. The number of carbonyl (C=O) groups is 2. The van der Waals surface area contributed by atoms with Crippen LogP contribution in [0.5, 0.6) is 0 Å². The van der Waals surface area contributed by atoms with Crippen molar-refractivity contribution < 1.29 is 18.7 Å². The van der Waals surface area contributed by atoms with Crippen molar-refractivity contribution in [2.24, 2.45) is 0 Å². The highest BCUT2D eigenvalue weighted by Crippen LogP contribution is 2.24. The van der Waals surface area contributed by atoms with Crippen LogP contribution in [0.15, 0.2) is 48.5 Å². The predicted octanol–water partition coefficient (Wildman–Crippen LogP) is 4.04. The molecular weight excluding hydrogens is 309 g/mol. The van der Waals surface area contributed by atoms with E-state index in [9.17, 15) is 14.0 Å². The highest BCUT2D eigenvalue weighted by atomic mass is 19.1. The number of Topliss-reactive ketones (excluding diaryl/α,β-unsaturated/α-hetero) is 1. The van der Waals surface area contributed by atoms with Gasteiger partial charge in [0.2, 0.25) is 5.78 Å². The number of aromatic amines is 1. The van der Waals surface area contributed by atoms with Crippen LogP contribution in [-0.4, -0.2) is 22.8 Å². The molecule has 1 aromatic heterocycles. The van der Waals surface area contributed by atoms with Crippen molar-refractivity contribution in [1.29, 1.82) is 0 Å². The highest BCUT2D eigenvalue weighted by molar-refractivity contribution is 6.11. The summed E-state index contributed by atoms with van der Waals surface area (Å²) in [4.78, 5) is 27.9. The van der Waals surface area contributed by atoms with Crippen LogP contribution in [0.3, 0.4) is 0 Å². The van der Waals surface area contributed by atoms with E-state index in [4.69, 9.17) is 4.74 Å².